The molecule has 0 radical (unpaired) electrons. The van der Waals surface area contributed by atoms with Crippen molar-refractivity contribution in [2.45, 2.75) is 25.6 Å². The molecule has 1 rings (SSSR count). The quantitative estimate of drug-likeness (QED) is 0.859. The molecule has 0 aliphatic carbocycles. The fourth-order valence-electron chi connectivity index (χ4n) is 1.35. The van der Waals surface area contributed by atoms with Crippen LogP contribution in [0.4, 0.5) is 0 Å². The number of hydrogen-bond donors (Lipinski definition) is 1. The van der Waals surface area contributed by atoms with Crippen molar-refractivity contribution < 1.29 is 13.2 Å². The van der Waals surface area contributed by atoms with E-state index in [0.29, 0.717) is 11.1 Å². The molecule has 0 saturated carbocycles. The summed E-state index contributed by atoms with van der Waals surface area (Å²) < 4.78 is 25.9. The molecule has 1 aromatic rings. The van der Waals surface area contributed by atoms with Gasteiger partial charge >= 0.3 is 0 Å². The number of carbonyl (C=O) groups is 1. The number of sulfonamides is 1. The van der Waals surface area contributed by atoms with Gasteiger partial charge in [0.25, 0.3) is 0 Å². The third kappa shape index (κ3) is 3.95. The molecular weight excluding hydrogens is 252 g/mol. The lowest BCUT2D eigenvalue weighted by Crippen LogP contribution is -2.38. The van der Waals surface area contributed by atoms with Crippen molar-refractivity contribution in [1.82, 2.24) is 4.72 Å². The maximum absolute atomic E-state index is 11.8. The van der Waals surface area contributed by atoms with E-state index >= 15 is 0 Å². The van der Waals surface area contributed by atoms with E-state index in [1.165, 1.54) is 13.8 Å². The van der Waals surface area contributed by atoms with Crippen LogP contribution >= 0.6 is 0 Å². The van der Waals surface area contributed by atoms with Gasteiger partial charge in [0.1, 0.15) is 5.78 Å². The number of nitriles is 1. The van der Waals surface area contributed by atoms with Gasteiger partial charge in [-0.2, -0.15) is 5.26 Å². The first-order valence-electron chi connectivity index (χ1n) is 5.34. The second kappa shape index (κ2) is 5.76. The van der Waals surface area contributed by atoms with Crippen LogP contribution in [-0.2, 0) is 20.6 Å². The van der Waals surface area contributed by atoms with Gasteiger partial charge in [-0.25, -0.2) is 13.1 Å². The van der Waals surface area contributed by atoms with Gasteiger partial charge in [0, 0.05) is 0 Å². The number of hydrogen-bond acceptors (Lipinski definition) is 4. The molecule has 1 atom stereocenters. The number of ketones is 1. The molecule has 96 valence electrons. The Bertz CT molecular complexity index is 588. The Kier molecular flexibility index (Phi) is 4.59. The second-order valence-electron chi connectivity index (χ2n) is 3.98. The highest BCUT2D eigenvalue weighted by molar-refractivity contribution is 7.88. The maximum atomic E-state index is 11.8. The van der Waals surface area contributed by atoms with Crippen molar-refractivity contribution in [3.63, 3.8) is 0 Å². The minimum Gasteiger partial charge on any atom is -0.298 e. The Morgan fingerprint density at radius 1 is 1.44 bits per heavy atom. The predicted molar refractivity (Wildman–Crippen MR) is 67.1 cm³/mol. The van der Waals surface area contributed by atoms with Crippen LogP contribution < -0.4 is 4.72 Å². The van der Waals surface area contributed by atoms with E-state index in [-0.39, 0.29) is 11.5 Å². The monoisotopic (exact) mass is 266 g/mol. The molecule has 0 aliphatic rings. The Hall–Kier alpha value is -1.71. The maximum Gasteiger partial charge on any atom is 0.216 e. The molecule has 0 aliphatic heterocycles. The summed E-state index contributed by atoms with van der Waals surface area (Å²) in [7, 11) is -3.63. The van der Waals surface area contributed by atoms with Gasteiger partial charge in [-0.05, 0) is 25.5 Å². The minimum absolute atomic E-state index is 0.257. The van der Waals surface area contributed by atoms with Crippen molar-refractivity contribution in [2.24, 2.45) is 0 Å². The first kappa shape index (κ1) is 14.4. The Morgan fingerprint density at radius 3 is 2.61 bits per heavy atom. The summed E-state index contributed by atoms with van der Waals surface area (Å²) in [4.78, 5) is 11.0. The summed E-state index contributed by atoms with van der Waals surface area (Å²) in [5, 5.41) is 8.87. The Morgan fingerprint density at radius 2 is 2.06 bits per heavy atom. The van der Waals surface area contributed by atoms with Gasteiger partial charge in [-0.15, -0.1) is 0 Å². The van der Waals surface area contributed by atoms with E-state index in [4.69, 9.17) is 5.26 Å². The second-order valence-corrected chi connectivity index (χ2v) is 5.73. The van der Waals surface area contributed by atoms with Gasteiger partial charge in [-0.3, -0.25) is 4.79 Å². The van der Waals surface area contributed by atoms with Crippen molar-refractivity contribution in [3.8, 4) is 6.07 Å². The highest BCUT2D eigenvalue weighted by atomic mass is 32.2. The predicted octanol–water partition coefficient (Wildman–Crippen LogP) is 0.955. The van der Waals surface area contributed by atoms with E-state index in [0.717, 1.165) is 0 Å². The van der Waals surface area contributed by atoms with Gasteiger partial charge in [0.15, 0.2) is 0 Å². The third-order valence-corrected chi connectivity index (χ3v) is 3.85. The molecule has 1 N–H and O–H groups in total. The molecule has 6 heteroatoms. The first-order valence-corrected chi connectivity index (χ1v) is 6.99. The zero-order chi connectivity index (χ0) is 13.8. The Balaban J connectivity index is 2.90. The minimum atomic E-state index is -3.63. The van der Waals surface area contributed by atoms with E-state index in [2.05, 4.69) is 4.72 Å². The highest BCUT2D eigenvalue weighted by Gasteiger charge is 2.19. The zero-order valence-electron chi connectivity index (χ0n) is 10.2. The normalized spacial score (nSPS) is 12.7. The van der Waals surface area contributed by atoms with Crippen LogP contribution in [0, 0.1) is 11.3 Å². The molecule has 0 heterocycles. The van der Waals surface area contributed by atoms with Crippen molar-refractivity contribution >= 4 is 15.8 Å². The topological polar surface area (TPSA) is 87.0 Å². The summed E-state index contributed by atoms with van der Waals surface area (Å²) in [5.74, 6) is -0.568. The molecule has 0 fully saturated rings. The lowest BCUT2D eigenvalue weighted by Gasteiger charge is -2.11. The Labute approximate surface area is 106 Å². The fourth-order valence-corrected chi connectivity index (χ4v) is 2.80. The van der Waals surface area contributed by atoms with Crippen LogP contribution in [0.2, 0.25) is 0 Å². The summed E-state index contributed by atoms with van der Waals surface area (Å²) in [6.45, 7) is 2.80. The van der Waals surface area contributed by atoms with E-state index in [9.17, 15) is 13.2 Å². The number of rotatable bonds is 5. The number of carbonyl (C=O) groups excluding carboxylic acids is 1. The number of benzene rings is 1. The van der Waals surface area contributed by atoms with Crippen LogP contribution in [-0.4, -0.2) is 20.2 Å². The summed E-state index contributed by atoms with van der Waals surface area (Å²) in [6.07, 6.45) is 0. The summed E-state index contributed by atoms with van der Waals surface area (Å²) >= 11 is 0. The van der Waals surface area contributed by atoms with E-state index in [1.807, 2.05) is 6.07 Å². The first-order chi connectivity index (χ1) is 8.35. The third-order valence-electron chi connectivity index (χ3n) is 2.45. The van der Waals surface area contributed by atoms with Crippen molar-refractivity contribution in [3.05, 3.63) is 35.4 Å². The molecule has 18 heavy (non-hydrogen) atoms. The molecule has 1 unspecified atom stereocenters. The molecule has 0 saturated heterocycles. The SMILES string of the molecule is CC(=O)C(C)NS(=O)(=O)Cc1ccccc1C#N. The molecule has 0 spiro atoms. The molecular formula is C12H14N2O3S. The number of nitrogens with zero attached hydrogens (tertiary/aromatic N) is 1. The van der Waals surface area contributed by atoms with Gasteiger partial charge in [0.2, 0.25) is 10.0 Å². The van der Waals surface area contributed by atoms with Crippen LogP contribution in [0.3, 0.4) is 0 Å². The largest absolute Gasteiger partial charge is 0.298 e. The van der Waals surface area contributed by atoms with Crippen LogP contribution in [0.15, 0.2) is 24.3 Å². The average Bonchev–Trinajstić information content (AvgIpc) is 2.28. The van der Waals surface area contributed by atoms with Gasteiger partial charge < -0.3 is 0 Å². The van der Waals surface area contributed by atoms with E-state index < -0.39 is 16.1 Å². The lowest BCUT2D eigenvalue weighted by atomic mass is 10.1. The van der Waals surface area contributed by atoms with Crippen molar-refractivity contribution in [2.75, 3.05) is 0 Å². The molecule has 0 bridgehead atoms. The van der Waals surface area contributed by atoms with Crippen LogP contribution in [0.25, 0.3) is 0 Å². The van der Waals surface area contributed by atoms with Gasteiger partial charge in [-0.1, -0.05) is 18.2 Å². The van der Waals surface area contributed by atoms with Crippen LogP contribution in [0.1, 0.15) is 25.0 Å². The standard InChI is InChI=1S/C12H14N2O3S/c1-9(10(2)15)14-18(16,17)8-12-6-4-3-5-11(12)7-13/h3-6,9,14H,8H2,1-2H3. The highest BCUT2D eigenvalue weighted by Crippen LogP contribution is 2.11. The van der Waals surface area contributed by atoms with E-state index in [1.54, 1.807) is 24.3 Å². The van der Waals surface area contributed by atoms with Crippen molar-refractivity contribution in [1.29, 1.82) is 5.26 Å². The zero-order valence-corrected chi connectivity index (χ0v) is 11.0. The molecule has 5 nitrogen and oxygen atoms in total. The smallest absolute Gasteiger partial charge is 0.216 e. The molecule has 1 aromatic carbocycles. The molecule has 0 aromatic heterocycles. The van der Waals surface area contributed by atoms with Gasteiger partial charge in [0.05, 0.1) is 23.4 Å². The lowest BCUT2D eigenvalue weighted by molar-refractivity contribution is -0.118. The molecule has 0 amide bonds. The number of Topliss-reactive ketones (excluding diaryl/α,β-unsaturated/α-hetero) is 1. The summed E-state index contributed by atoms with van der Waals surface area (Å²) in [5.41, 5.74) is 0.738. The fraction of sp³-hybridized carbons (Fsp3) is 0.333. The summed E-state index contributed by atoms with van der Waals surface area (Å²) in [6, 6.07) is 7.64. The number of nitrogens with one attached hydrogen (secondary N) is 1. The van der Waals surface area contributed by atoms with Crippen LogP contribution in [0.5, 0.6) is 0 Å². The average molecular weight is 266 g/mol.